The van der Waals surface area contributed by atoms with Crippen LogP contribution in [0, 0.1) is 0 Å². The lowest BCUT2D eigenvalue weighted by molar-refractivity contribution is 0.0449. The first-order valence-corrected chi connectivity index (χ1v) is 5.68. The van der Waals surface area contributed by atoms with Gasteiger partial charge in [-0.25, -0.2) is 4.79 Å². The fourth-order valence-corrected chi connectivity index (χ4v) is 2.36. The van der Waals surface area contributed by atoms with Gasteiger partial charge in [0, 0.05) is 18.1 Å². The number of hydrogen-bond acceptors (Lipinski definition) is 3. The van der Waals surface area contributed by atoms with Crippen molar-refractivity contribution in [1.29, 1.82) is 0 Å². The molecule has 15 heavy (non-hydrogen) atoms. The van der Waals surface area contributed by atoms with E-state index in [9.17, 15) is 4.79 Å². The molecule has 1 amide bonds. The Kier molecular flexibility index (Phi) is 2.63. The Labute approximate surface area is 90.8 Å². The number of ether oxygens (including phenoxy) is 1. The number of hydrogen-bond donors (Lipinski definition) is 2. The third-order valence-corrected chi connectivity index (χ3v) is 2.90. The van der Waals surface area contributed by atoms with E-state index in [4.69, 9.17) is 4.74 Å². The van der Waals surface area contributed by atoms with Crippen molar-refractivity contribution in [2.45, 2.75) is 63.8 Å². The summed E-state index contributed by atoms with van der Waals surface area (Å²) < 4.78 is 5.22. The number of alkyl carbamates (subject to hydrolysis) is 1. The maximum atomic E-state index is 11.5. The molecule has 2 unspecified atom stereocenters. The largest absolute Gasteiger partial charge is 0.444 e. The van der Waals surface area contributed by atoms with Gasteiger partial charge in [-0.2, -0.15) is 0 Å². The van der Waals surface area contributed by atoms with Crippen molar-refractivity contribution >= 4 is 6.09 Å². The van der Waals surface area contributed by atoms with Crippen molar-refractivity contribution < 1.29 is 9.53 Å². The number of fused-ring (bicyclic) bond motifs is 2. The van der Waals surface area contributed by atoms with E-state index >= 15 is 0 Å². The van der Waals surface area contributed by atoms with E-state index < -0.39 is 5.60 Å². The second-order valence-electron chi connectivity index (χ2n) is 5.61. The lowest BCUT2D eigenvalue weighted by Gasteiger charge is -2.46. The molecule has 0 radical (unpaired) electrons. The molecule has 2 saturated heterocycles. The van der Waals surface area contributed by atoms with Gasteiger partial charge in [-0.3, -0.25) is 0 Å². The summed E-state index contributed by atoms with van der Waals surface area (Å²) in [6.45, 7) is 5.64. The maximum absolute atomic E-state index is 11.5. The summed E-state index contributed by atoms with van der Waals surface area (Å²) in [4.78, 5) is 11.5. The molecule has 2 N–H and O–H groups in total. The molecule has 4 heteroatoms. The lowest BCUT2D eigenvalue weighted by Crippen LogP contribution is -2.62. The monoisotopic (exact) mass is 212 g/mol. The van der Waals surface area contributed by atoms with E-state index in [1.54, 1.807) is 0 Å². The van der Waals surface area contributed by atoms with Crippen LogP contribution in [0.5, 0.6) is 0 Å². The van der Waals surface area contributed by atoms with Crippen molar-refractivity contribution in [2.75, 3.05) is 0 Å². The summed E-state index contributed by atoms with van der Waals surface area (Å²) in [6.07, 6.45) is 3.06. The van der Waals surface area contributed by atoms with E-state index in [-0.39, 0.29) is 6.09 Å². The van der Waals surface area contributed by atoms with Crippen LogP contribution in [0.15, 0.2) is 0 Å². The van der Waals surface area contributed by atoms with Gasteiger partial charge < -0.3 is 15.4 Å². The van der Waals surface area contributed by atoms with Gasteiger partial charge in [0.25, 0.3) is 0 Å². The van der Waals surface area contributed by atoms with Crippen molar-refractivity contribution in [1.82, 2.24) is 10.6 Å². The minimum Gasteiger partial charge on any atom is -0.444 e. The highest BCUT2D eigenvalue weighted by molar-refractivity contribution is 5.68. The topological polar surface area (TPSA) is 50.4 Å². The Bertz CT molecular complexity index is 244. The van der Waals surface area contributed by atoms with E-state index in [0.29, 0.717) is 18.1 Å². The van der Waals surface area contributed by atoms with Crippen LogP contribution >= 0.6 is 0 Å². The third-order valence-electron chi connectivity index (χ3n) is 2.90. The number of carbonyl (C=O) groups excluding carboxylic acids is 1. The fourth-order valence-electron chi connectivity index (χ4n) is 2.36. The number of amides is 1. The van der Waals surface area contributed by atoms with Crippen LogP contribution in [-0.4, -0.2) is 29.8 Å². The van der Waals surface area contributed by atoms with Crippen molar-refractivity contribution in [3.05, 3.63) is 0 Å². The average molecular weight is 212 g/mol. The number of carbonyl (C=O) groups is 1. The zero-order chi connectivity index (χ0) is 11.1. The molecule has 2 atom stereocenters. The Morgan fingerprint density at radius 2 is 1.80 bits per heavy atom. The Morgan fingerprint density at radius 1 is 1.27 bits per heavy atom. The summed E-state index contributed by atoms with van der Waals surface area (Å²) in [6, 6.07) is 1.53. The highest BCUT2D eigenvalue weighted by atomic mass is 16.6. The standard InChI is InChI=1S/C11H20N2O2/c1-11(2,3)15-10(14)13-9-5-7-4-8(6-9)12-7/h7-9,12H,4-6H2,1-3H3,(H,13,14). The zero-order valence-corrected chi connectivity index (χ0v) is 9.67. The van der Waals surface area contributed by atoms with Crippen molar-refractivity contribution in [2.24, 2.45) is 0 Å². The molecule has 1 saturated carbocycles. The summed E-state index contributed by atoms with van der Waals surface area (Å²) >= 11 is 0. The Morgan fingerprint density at radius 3 is 2.27 bits per heavy atom. The Balaban J connectivity index is 1.75. The molecule has 2 bridgehead atoms. The second kappa shape index (κ2) is 3.67. The molecule has 1 aliphatic carbocycles. The van der Waals surface area contributed by atoms with Gasteiger partial charge in [-0.1, -0.05) is 0 Å². The molecule has 2 heterocycles. The maximum Gasteiger partial charge on any atom is 0.407 e. The van der Waals surface area contributed by atoms with Gasteiger partial charge >= 0.3 is 6.09 Å². The van der Waals surface area contributed by atoms with Crippen LogP contribution < -0.4 is 10.6 Å². The predicted molar refractivity (Wildman–Crippen MR) is 57.7 cm³/mol. The molecule has 0 aromatic carbocycles. The van der Waals surface area contributed by atoms with Crippen LogP contribution in [0.4, 0.5) is 4.79 Å². The number of piperidine rings is 1. The molecule has 0 aromatic heterocycles. The molecule has 3 rings (SSSR count). The number of nitrogens with one attached hydrogen (secondary N) is 2. The molecule has 0 aromatic rings. The van der Waals surface area contributed by atoms with Gasteiger partial charge in [0.1, 0.15) is 5.60 Å². The summed E-state index contributed by atoms with van der Waals surface area (Å²) in [5.41, 5.74) is -0.403. The quantitative estimate of drug-likeness (QED) is 0.691. The third kappa shape index (κ3) is 2.84. The average Bonchev–Trinajstić information content (AvgIpc) is 1.97. The fraction of sp³-hybridized carbons (Fsp3) is 0.909. The first-order valence-electron chi connectivity index (χ1n) is 5.68. The molecule has 2 aliphatic heterocycles. The van der Waals surface area contributed by atoms with Crippen LogP contribution in [0.2, 0.25) is 0 Å². The van der Waals surface area contributed by atoms with Crippen LogP contribution in [0.3, 0.4) is 0 Å². The summed E-state index contributed by atoms with van der Waals surface area (Å²) in [5, 5.41) is 6.37. The van der Waals surface area contributed by atoms with Crippen molar-refractivity contribution in [3.8, 4) is 0 Å². The van der Waals surface area contributed by atoms with Crippen LogP contribution in [0.25, 0.3) is 0 Å². The molecule has 4 nitrogen and oxygen atoms in total. The zero-order valence-electron chi connectivity index (χ0n) is 9.67. The first-order chi connectivity index (χ1) is 6.92. The van der Waals surface area contributed by atoms with E-state index in [2.05, 4.69) is 10.6 Å². The highest BCUT2D eigenvalue weighted by Gasteiger charge is 2.38. The van der Waals surface area contributed by atoms with E-state index in [0.717, 1.165) is 12.8 Å². The normalized spacial score (nSPS) is 34.2. The van der Waals surface area contributed by atoms with Gasteiger partial charge in [0.05, 0.1) is 0 Å². The van der Waals surface area contributed by atoms with Gasteiger partial charge in [-0.15, -0.1) is 0 Å². The predicted octanol–water partition coefficient (Wildman–Crippen LogP) is 1.40. The van der Waals surface area contributed by atoms with Crippen molar-refractivity contribution in [3.63, 3.8) is 0 Å². The summed E-state index contributed by atoms with van der Waals surface area (Å²) in [5.74, 6) is 0. The van der Waals surface area contributed by atoms with Gasteiger partial charge in [0.15, 0.2) is 0 Å². The smallest absolute Gasteiger partial charge is 0.407 e. The van der Waals surface area contributed by atoms with Crippen LogP contribution in [-0.2, 0) is 4.74 Å². The highest BCUT2D eigenvalue weighted by Crippen LogP contribution is 2.28. The summed E-state index contributed by atoms with van der Waals surface area (Å²) in [7, 11) is 0. The first kappa shape index (κ1) is 10.7. The lowest BCUT2D eigenvalue weighted by atomic mass is 9.80. The molecule has 86 valence electrons. The Hall–Kier alpha value is -0.770. The van der Waals surface area contributed by atoms with E-state index in [1.807, 2.05) is 20.8 Å². The van der Waals surface area contributed by atoms with Gasteiger partial charge in [-0.05, 0) is 40.0 Å². The molecular formula is C11H20N2O2. The number of rotatable bonds is 1. The molecule has 3 aliphatic rings. The van der Waals surface area contributed by atoms with Gasteiger partial charge in [0.2, 0.25) is 0 Å². The minimum absolute atomic E-state index is 0.284. The molecule has 0 spiro atoms. The molecular weight excluding hydrogens is 192 g/mol. The van der Waals surface area contributed by atoms with Crippen LogP contribution in [0.1, 0.15) is 40.0 Å². The van der Waals surface area contributed by atoms with E-state index in [1.165, 1.54) is 6.42 Å². The second-order valence-corrected chi connectivity index (χ2v) is 5.61. The molecule has 3 fully saturated rings. The minimum atomic E-state index is -0.403. The SMILES string of the molecule is CC(C)(C)OC(=O)NC1CC2CC(C1)N2.